The predicted octanol–water partition coefficient (Wildman–Crippen LogP) is 6.26. The number of nitrogens with two attached hydrogens (primary N) is 1. The molecule has 0 aliphatic heterocycles. The van der Waals surface area contributed by atoms with Crippen LogP contribution in [0.5, 0.6) is 5.75 Å². The topological polar surface area (TPSA) is 78.4 Å². The number of halogens is 2. The van der Waals surface area contributed by atoms with Crippen LogP contribution in [-0.4, -0.2) is 4.98 Å². The molecular weight excluding hydrogens is 443 g/mol. The second-order valence-corrected chi connectivity index (χ2v) is 8.44. The number of anilines is 1. The maximum atomic E-state index is 13.2. The molecule has 0 radical (unpaired) electrons. The predicted molar refractivity (Wildman–Crippen MR) is 123 cm³/mol. The molecule has 2 N–H and O–H groups in total. The van der Waals surface area contributed by atoms with Gasteiger partial charge in [-0.15, -0.1) is 11.3 Å². The molecule has 0 unspecified atom stereocenters. The van der Waals surface area contributed by atoms with Crippen molar-refractivity contribution in [3.8, 4) is 16.3 Å². The van der Waals surface area contributed by atoms with Crippen LogP contribution in [0.1, 0.15) is 23.7 Å². The van der Waals surface area contributed by atoms with E-state index >= 15 is 0 Å². The summed E-state index contributed by atoms with van der Waals surface area (Å²) in [6, 6.07) is 8.77. The van der Waals surface area contributed by atoms with Crippen LogP contribution in [0.2, 0.25) is 10.0 Å². The summed E-state index contributed by atoms with van der Waals surface area (Å²) in [6.07, 6.45) is 0.664. The smallest absolute Gasteiger partial charge is 0.205 e. The monoisotopic (exact) mass is 460 g/mol. The summed E-state index contributed by atoms with van der Waals surface area (Å²) in [5.74, 6) is 0.618. The van der Waals surface area contributed by atoms with E-state index in [2.05, 4.69) is 4.98 Å². The quantitative estimate of drug-likeness (QED) is 0.380. The van der Waals surface area contributed by atoms with Crippen molar-refractivity contribution >= 4 is 51.4 Å². The second-order valence-electron chi connectivity index (χ2n) is 6.76. The van der Waals surface area contributed by atoms with Gasteiger partial charge in [0, 0.05) is 32.7 Å². The molecule has 0 saturated carbocycles. The number of rotatable bonds is 5. The first-order chi connectivity index (χ1) is 14.4. The lowest BCUT2D eigenvalue weighted by molar-refractivity contribution is 0.303. The largest absolute Gasteiger partial charge is 0.488 e. The summed E-state index contributed by atoms with van der Waals surface area (Å²) in [7, 11) is 0. The maximum Gasteiger partial charge on any atom is 0.205 e. The molecule has 0 amide bonds. The van der Waals surface area contributed by atoms with Crippen molar-refractivity contribution in [3.63, 3.8) is 0 Å². The van der Waals surface area contributed by atoms with Crippen molar-refractivity contribution in [1.82, 2.24) is 4.98 Å². The van der Waals surface area contributed by atoms with Crippen LogP contribution in [-0.2, 0) is 13.0 Å². The van der Waals surface area contributed by atoms with Gasteiger partial charge >= 0.3 is 0 Å². The number of fused-ring (bicyclic) bond motifs is 1. The van der Waals surface area contributed by atoms with Gasteiger partial charge in [-0.05, 0) is 37.1 Å². The van der Waals surface area contributed by atoms with Crippen LogP contribution in [0.25, 0.3) is 21.5 Å². The molecule has 4 rings (SSSR count). The van der Waals surface area contributed by atoms with Crippen molar-refractivity contribution in [3.05, 3.63) is 72.8 Å². The van der Waals surface area contributed by atoms with Crippen molar-refractivity contribution in [2.75, 3.05) is 5.73 Å². The van der Waals surface area contributed by atoms with E-state index in [0.29, 0.717) is 49.3 Å². The van der Waals surface area contributed by atoms with Gasteiger partial charge in [0.15, 0.2) is 0 Å². The average molecular weight is 461 g/mol. The molecule has 0 spiro atoms. The minimum Gasteiger partial charge on any atom is -0.488 e. The third-order valence-electron chi connectivity index (χ3n) is 4.75. The number of hydrogen-bond donors (Lipinski definition) is 1. The molecule has 8 heteroatoms. The Bertz CT molecular complexity index is 1290. The molecule has 0 fully saturated rings. The normalized spacial score (nSPS) is 11.2. The van der Waals surface area contributed by atoms with Crippen molar-refractivity contribution in [2.45, 2.75) is 26.9 Å². The van der Waals surface area contributed by atoms with E-state index < -0.39 is 0 Å². The number of nitrogens with zero attached hydrogens (tertiary/aromatic N) is 1. The second kappa shape index (κ2) is 8.30. The summed E-state index contributed by atoms with van der Waals surface area (Å²) in [4.78, 5) is 17.5. The van der Waals surface area contributed by atoms with E-state index in [9.17, 15) is 4.79 Å². The van der Waals surface area contributed by atoms with Crippen LogP contribution in [0.3, 0.4) is 0 Å². The number of aromatic nitrogens is 1. The lowest BCUT2D eigenvalue weighted by Crippen LogP contribution is -2.10. The van der Waals surface area contributed by atoms with Gasteiger partial charge in [-0.2, -0.15) is 0 Å². The van der Waals surface area contributed by atoms with Gasteiger partial charge in [-0.25, -0.2) is 4.98 Å². The first-order valence-corrected chi connectivity index (χ1v) is 10.9. The van der Waals surface area contributed by atoms with Crippen LogP contribution >= 0.6 is 34.5 Å². The molecular formula is C22H18Cl2N2O3S. The fourth-order valence-corrected chi connectivity index (χ4v) is 4.54. The highest BCUT2D eigenvalue weighted by Crippen LogP contribution is 2.33. The van der Waals surface area contributed by atoms with Gasteiger partial charge in [0.05, 0.1) is 5.39 Å². The fourth-order valence-electron chi connectivity index (χ4n) is 3.19. The van der Waals surface area contributed by atoms with Gasteiger partial charge in [0.2, 0.25) is 11.3 Å². The van der Waals surface area contributed by atoms with E-state index in [4.69, 9.17) is 38.1 Å². The van der Waals surface area contributed by atoms with E-state index in [-0.39, 0.29) is 17.9 Å². The van der Waals surface area contributed by atoms with Crippen LogP contribution in [0.4, 0.5) is 5.88 Å². The summed E-state index contributed by atoms with van der Waals surface area (Å²) < 4.78 is 11.8. The minimum absolute atomic E-state index is 0.0335. The summed E-state index contributed by atoms with van der Waals surface area (Å²) >= 11 is 13.8. The lowest BCUT2D eigenvalue weighted by atomic mass is 10.1. The Morgan fingerprint density at radius 1 is 1.23 bits per heavy atom. The standard InChI is InChI=1S/C22H18Cl2N2O3S/c1-3-12-7-13-18(8-17(12)28-9-14-15(23)5-4-6-16(14)24)29-21(25)19(20(13)27)22-26-11(2)10-30-22/h4-8,10H,3,9,25H2,1-2H3. The van der Waals surface area contributed by atoms with Crippen LogP contribution in [0.15, 0.2) is 44.9 Å². The molecule has 0 saturated heterocycles. The van der Waals surface area contributed by atoms with Gasteiger partial charge in [-0.1, -0.05) is 36.2 Å². The Kier molecular flexibility index (Phi) is 5.73. The third-order valence-corrected chi connectivity index (χ3v) is 6.43. The molecule has 0 bridgehead atoms. The van der Waals surface area contributed by atoms with Crippen LogP contribution < -0.4 is 15.9 Å². The first-order valence-electron chi connectivity index (χ1n) is 9.26. The molecule has 5 nitrogen and oxygen atoms in total. The Morgan fingerprint density at radius 2 is 1.97 bits per heavy atom. The molecule has 2 aromatic heterocycles. The molecule has 2 heterocycles. The first kappa shape index (κ1) is 20.7. The molecule has 0 aliphatic rings. The molecule has 30 heavy (non-hydrogen) atoms. The van der Waals surface area contributed by atoms with Crippen molar-refractivity contribution < 1.29 is 9.15 Å². The number of ether oxygens (including phenoxy) is 1. The van der Waals surface area contributed by atoms with Gasteiger partial charge < -0.3 is 14.9 Å². The van der Waals surface area contributed by atoms with Crippen molar-refractivity contribution in [1.29, 1.82) is 0 Å². The summed E-state index contributed by atoms with van der Waals surface area (Å²) in [5, 5.41) is 3.91. The highest BCUT2D eigenvalue weighted by atomic mass is 35.5. The number of hydrogen-bond acceptors (Lipinski definition) is 6. The minimum atomic E-state index is -0.210. The maximum absolute atomic E-state index is 13.2. The molecule has 154 valence electrons. The highest BCUT2D eigenvalue weighted by Gasteiger charge is 2.19. The Hall–Kier alpha value is -2.54. The fraction of sp³-hybridized carbons (Fsp3) is 0.182. The number of nitrogen functional groups attached to an aromatic ring is 1. The average Bonchev–Trinajstić information content (AvgIpc) is 3.13. The molecule has 2 aromatic carbocycles. The Balaban J connectivity index is 1.78. The zero-order valence-corrected chi connectivity index (χ0v) is 18.6. The van der Waals surface area contributed by atoms with Gasteiger partial charge in [0.25, 0.3) is 0 Å². The van der Waals surface area contributed by atoms with Crippen molar-refractivity contribution in [2.24, 2.45) is 0 Å². The summed E-state index contributed by atoms with van der Waals surface area (Å²) in [5.41, 5.74) is 8.90. The zero-order chi connectivity index (χ0) is 21.4. The number of thiazole rings is 1. The number of benzene rings is 2. The Labute approximate surface area is 187 Å². The highest BCUT2D eigenvalue weighted by molar-refractivity contribution is 7.13. The van der Waals surface area contributed by atoms with E-state index in [1.807, 2.05) is 19.2 Å². The molecule has 0 atom stereocenters. The van der Waals surface area contributed by atoms with Crippen LogP contribution in [0, 0.1) is 6.92 Å². The van der Waals surface area contributed by atoms with Gasteiger partial charge in [0.1, 0.15) is 28.5 Å². The SMILES string of the molecule is CCc1cc2c(=O)c(-c3nc(C)cs3)c(N)oc2cc1OCc1c(Cl)cccc1Cl. The Morgan fingerprint density at radius 3 is 2.60 bits per heavy atom. The lowest BCUT2D eigenvalue weighted by Gasteiger charge is -2.14. The number of aryl methyl sites for hydroxylation is 2. The van der Waals surface area contributed by atoms with E-state index in [0.717, 1.165) is 11.3 Å². The van der Waals surface area contributed by atoms with E-state index in [1.165, 1.54) is 11.3 Å². The molecule has 4 aromatic rings. The third kappa shape index (κ3) is 3.78. The van der Waals surface area contributed by atoms with E-state index in [1.54, 1.807) is 30.3 Å². The molecule has 0 aliphatic carbocycles. The zero-order valence-electron chi connectivity index (χ0n) is 16.3. The van der Waals surface area contributed by atoms with Gasteiger partial charge in [-0.3, -0.25) is 4.79 Å². The summed E-state index contributed by atoms with van der Waals surface area (Å²) in [6.45, 7) is 4.04.